The van der Waals surface area contributed by atoms with Crippen LogP contribution in [-0.4, -0.2) is 25.6 Å². The van der Waals surface area contributed by atoms with Crippen LogP contribution >= 0.6 is 0 Å². The highest BCUT2D eigenvalue weighted by Gasteiger charge is 2.06. The minimum Gasteiger partial charge on any atom is -0.381 e. The van der Waals surface area contributed by atoms with Gasteiger partial charge in [-0.15, -0.1) is 10.2 Å². The van der Waals surface area contributed by atoms with E-state index in [4.69, 9.17) is 11.1 Å². The molecule has 0 aliphatic heterocycles. The Bertz CT molecular complexity index is 430. The van der Waals surface area contributed by atoms with Gasteiger partial charge in [-0.05, 0) is 12.1 Å². The van der Waals surface area contributed by atoms with Crippen molar-refractivity contribution >= 4 is 11.5 Å². The first-order valence-electron chi connectivity index (χ1n) is 3.30. The molecule has 0 radical (unpaired) electrons. The second-order valence-corrected chi connectivity index (χ2v) is 2.23. The zero-order valence-corrected chi connectivity index (χ0v) is 6.10. The van der Waals surface area contributed by atoms with Crippen molar-refractivity contribution in [2.45, 2.75) is 0 Å². The van der Waals surface area contributed by atoms with Gasteiger partial charge in [0.15, 0.2) is 11.5 Å². The van der Waals surface area contributed by atoms with E-state index in [2.05, 4.69) is 15.3 Å². The van der Waals surface area contributed by atoms with Gasteiger partial charge in [0, 0.05) is 6.20 Å². The van der Waals surface area contributed by atoms with Crippen LogP contribution < -0.4 is 5.73 Å². The van der Waals surface area contributed by atoms with Crippen molar-refractivity contribution in [3.8, 4) is 0 Å². The van der Waals surface area contributed by atoms with Gasteiger partial charge in [-0.3, -0.25) is 5.41 Å². The van der Waals surface area contributed by atoms with E-state index in [0.29, 0.717) is 5.65 Å². The Morgan fingerprint density at radius 3 is 3.08 bits per heavy atom. The first kappa shape index (κ1) is 6.71. The molecule has 0 aromatic carbocycles. The van der Waals surface area contributed by atoms with Gasteiger partial charge in [0.1, 0.15) is 0 Å². The van der Waals surface area contributed by atoms with Crippen molar-refractivity contribution in [1.29, 1.82) is 5.41 Å². The number of nitrogens with two attached hydrogens (primary N) is 1. The SMILES string of the molecule is N=C(N)c1nnc2cccnn12. The molecular weight excluding hydrogens is 156 g/mol. The molecule has 0 unspecified atom stereocenters. The quantitative estimate of drug-likeness (QED) is 0.433. The summed E-state index contributed by atoms with van der Waals surface area (Å²) in [5, 5.41) is 18.5. The van der Waals surface area contributed by atoms with Crippen LogP contribution in [0.3, 0.4) is 0 Å². The first-order valence-corrected chi connectivity index (χ1v) is 3.30. The van der Waals surface area contributed by atoms with Crippen molar-refractivity contribution in [3.63, 3.8) is 0 Å². The maximum absolute atomic E-state index is 7.15. The summed E-state index contributed by atoms with van der Waals surface area (Å²) in [6.07, 6.45) is 1.59. The molecule has 0 fully saturated rings. The fraction of sp³-hybridized carbons (Fsp3) is 0. The lowest BCUT2D eigenvalue weighted by Crippen LogP contribution is -2.16. The molecule has 3 N–H and O–H groups in total. The maximum Gasteiger partial charge on any atom is 0.219 e. The Morgan fingerprint density at radius 2 is 2.33 bits per heavy atom. The number of hydrogen-bond donors (Lipinski definition) is 2. The van der Waals surface area contributed by atoms with E-state index in [1.54, 1.807) is 18.3 Å². The van der Waals surface area contributed by atoms with Gasteiger partial charge < -0.3 is 5.73 Å². The molecule has 0 aliphatic carbocycles. The topological polar surface area (TPSA) is 93.0 Å². The lowest BCUT2D eigenvalue weighted by molar-refractivity contribution is 0.907. The van der Waals surface area contributed by atoms with Crippen molar-refractivity contribution in [3.05, 3.63) is 24.2 Å². The molecule has 0 aliphatic rings. The third kappa shape index (κ3) is 0.815. The number of aromatic nitrogens is 4. The molecule has 0 saturated carbocycles. The van der Waals surface area contributed by atoms with Crippen LogP contribution in [0.15, 0.2) is 18.3 Å². The standard InChI is InChI=1S/C6H6N6/c7-5(8)6-11-10-4-2-1-3-9-12(4)6/h1-3H,(H3,7,8). The number of rotatable bonds is 1. The highest BCUT2D eigenvalue weighted by Crippen LogP contribution is 1.98. The second-order valence-electron chi connectivity index (χ2n) is 2.23. The van der Waals surface area contributed by atoms with Crippen molar-refractivity contribution in [2.24, 2.45) is 5.73 Å². The molecule has 0 amide bonds. The van der Waals surface area contributed by atoms with Crippen molar-refractivity contribution < 1.29 is 0 Å². The average Bonchev–Trinajstić information content (AvgIpc) is 2.47. The Hall–Kier alpha value is -1.98. The molecule has 0 atom stereocenters. The number of hydrogen-bond acceptors (Lipinski definition) is 4. The van der Waals surface area contributed by atoms with E-state index in [0.717, 1.165) is 0 Å². The monoisotopic (exact) mass is 162 g/mol. The van der Waals surface area contributed by atoms with E-state index in [9.17, 15) is 0 Å². The number of nitrogens with one attached hydrogen (secondary N) is 1. The normalized spacial score (nSPS) is 10.3. The largest absolute Gasteiger partial charge is 0.381 e. The van der Waals surface area contributed by atoms with Crippen molar-refractivity contribution in [2.75, 3.05) is 0 Å². The number of amidine groups is 1. The van der Waals surface area contributed by atoms with E-state index < -0.39 is 0 Å². The van der Waals surface area contributed by atoms with Crippen molar-refractivity contribution in [1.82, 2.24) is 19.8 Å². The van der Waals surface area contributed by atoms with Gasteiger partial charge >= 0.3 is 0 Å². The summed E-state index contributed by atoms with van der Waals surface area (Å²) in [6, 6.07) is 3.49. The third-order valence-corrected chi connectivity index (χ3v) is 1.42. The fourth-order valence-corrected chi connectivity index (χ4v) is 0.912. The van der Waals surface area contributed by atoms with E-state index >= 15 is 0 Å². The summed E-state index contributed by atoms with van der Waals surface area (Å²) in [4.78, 5) is 0. The molecule has 12 heavy (non-hydrogen) atoms. The van der Waals surface area contributed by atoms with Gasteiger partial charge in [0.25, 0.3) is 0 Å². The van der Waals surface area contributed by atoms with Crippen LogP contribution in [0.5, 0.6) is 0 Å². The minimum atomic E-state index is -0.138. The van der Waals surface area contributed by atoms with Gasteiger partial charge in [0.2, 0.25) is 5.82 Å². The van der Waals surface area contributed by atoms with Gasteiger partial charge in [-0.2, -0.15) is 9.61 Å². The van der Waals surface area contributed by atoms with Crippen LogP contribution in [-0.2, 0) is 0 Å². The van der Waals surface area contributed by atoms with E-state index in [1.165, 1.54) is 4.52 Å². The second kappa shape index (κ2) is 2.26. The zero-order chi connectivity index (χ0) is 8.55. The molecule has 0 bridgehead atoms. The summed E-state index contributed by atoms with van der Waals surface area (Å²) in [7, 11) is 0. The summed E-state index contributed by atoms with van der Waals surface area (Å²) < 4.78 is 1.42. The first-order chi connectivity index (χ1) is 5.79. The molecule has 2 aromatic rings. The molecule has 0 saturated heterocycles. The fourth-order valence-electron chi connectivity index (χ4n) is 0.912. The Balaban J connectivity index is 2.79. The van der Waals surface area contributed by atoms with Crippen LogP contribution in [0, 0.1) is 5.41 Å². The van der Waals surface area contributed by atoms with Crippen LogP contribution in [0.2, 0.25) is 0 Å². The zero-order valence-electron chi connectivity index (χ0n) is 6.10. The highest BCUT2D eigenvalue weighted by molar-refractivity contribution is 5.91. The average molecular weight is 162 g/mol. The lowest BCUT2D eigenvalue weighted by atomic mass is 10.5. The van der Waals surface area contributed by atoms with Gasteiger partial charge in [0.05, 0.1) is 0 Å². The number of nitrogen functional groups attached to an aromatic ring is 1. The summed E-state index contributed by atoms with van der Waals surface area (Å²) in [6.45, 7) is 0. The molecule has 2 heterocycles. The lowest BCUT2D eigenvalue weighted by Gasteiger charge is -1.92. The number of nitrogens with zero attached hydrogens (tertiary/aromatic N) is 4. The number of fused-ring (bicyclic) bond motifs is 1. The summed E-state index contributed by atoms with van der Waals surface area (Å²) in [5.74, 6) is 0.131. The Labute approximate surface area is 67.5 Å². The molecule has 2 aromatic heterocycles. The van der Waals surface area contributed by atoms with Gasteiger partial charge in [-0.25, -0.2) is 0 Å². The highest BCUT2D eigenvalue weighted by atomic mass is 15.4. The molecular formula is C6H6N6. The smallest absolute Gasteiger partial charge is 0.219 e. The molecule has 6 nitrogen and oxygen atoms in total. The third-order valence-electron chi connectivity index (χ3n) is 1.42. The predicted octanol–water partition coefficient (Wildman–Crippen LogP) is -0.592. The predicted molar refractivity (Wildman–Crippen MR) is 41.8 cm³/mol. The molecule has 2 rings (SSSR count). The van der Waals surface area contributed by atoms with Crippen LogP contribution in [0.1, 0.15) is 5.82 Å². The van der Waals surface area contributed by atoms with Gasteiger partial charge in [-0.1, -0.05) is 0 Å². The Kier molecular flexibility index (Phi) is 1.26. The minimum absolute atomic E-state index is 0.138. The Morgan fingerprint density at radius 1 is 1.50 bits per heavy atom. The maximum atomic E-state index is 7.15. The van der Waals surface area contributed by atoms with Crippen LogP contribution in [0.25, 0.3) is 5.65 Å². The molecule has 0 spiro atoms. The van der Waals surface area contributed by atoms with Crippen LogP contribution in [0.4, 0.5) is 0 Å². The summed E-state index contributed by atoms with van der Waals surface area (Å²) >= 11 is 0. The molecule has 60 valence electrons. The molecule has 6 heteroatoms. The summed E-state index contributed by atoms with van der Waals surface area (Å²) in [5.41, 5.74) is 5.83. The van der Waals surface area contributed by atoms with E-state index in [-0.39, 0.29) is 11.7 Å². The van der Waals surface area contributed by atoms with E-state index in [1.807, 2.05) is 0 Å².